The molecule has 0 radical (unpaired) electrons. The minimum atomic E-state index is -4.97. The van der Waals surface area contributed by atoms with Crippen molar-refractivity contribution in [3.63, 3.8) is 0 Å². The molecule has 2 heterocycles. The molecule has 8 heteroatoms. The van der Waals surface area contributed by atoms with Crippen LogP contribution in [-0.4, -0.2) is 18.0 Å². The molecule has 1 atom stereocenters. The van der Waals surface area contributed by atoms with E-state index >= 15 is 0 Å². The van der Waals surface area contributed by atoms with E-state index in [0.717, 1.165) is 17.7 Å². The average Bonchev–Trinajstić information content (AvgIpc) is 2.49. The second-order valence-corrected chi connectivity index (χ2v) is 5.57. The van der Waals surface area contributed by atoms with Gasteiger partial charge < -0.3 is 15.2 Å². The fraction of sp³-hybridized carbons (Fsp3) is 0.312. The van der Waals surface area contributed by atoms with E-state index in [2.05, 4.69) is 9.72 Å². The summed E-state index contributed by atoms with van der Waals surface area (Å²) in [5.74, 6) is -1.53. The van der Waals surface area contributed by atoms with Crippen LogP contribution in [-0.2, 0) is 5.54 Å². The Bertz CT molecular complexity index is 779. The summed E-state index contributed by atoms with van der Waals surface area (Å²) in [5.41, 5.74) is 6.84. The summed E-state index contributed by atoms with van der Waals surface area (Å²) in [5, 5.41) is 0. The molecule has 0 saturated carbocycles. The number of benzene rings is 1. The third-order valence-electron chi connectivity index (χ3n) is 3.94. The molecular weight excluding hydrogens is 328 g/mol. The number of hydrogen-bond acceptors (Lipinski definition) is 4. The predicted molar refractivity (Wildman–Crippen MR) is 77.1 cm³/mol. The number of hydrogen-bond donors (Lipinski definition) is 1. The number of halogens is 4. The van der Waals surface area contributed by atoms with Crippen molar-refractivity contribution in [1.82, 2.24) is 4.98 Å². The SMILES string of the molecule is Cc1ccnc2c1OCC[C@]2(N)c1ccc(OC(F)(F)F)c(F)c1. The molecule has 0 aliphatic carbocycles. The first-order chi connectivity index (χ1) is 11.2. The van der Waals surface area contributed by atoms with Crippen molar-refractivity contribution in [1.29, 1.82) is 0 Å². The van der Waals surface area contributed by atoms with Crippen molar-refractivity contribution >= 4 is 0 Å². The zero-order chi connectivity index (χ0) is 17.5. The molecule has 0 amide bonds. The molecule has 2 aromatic rings. The van der Waals surface area contributed by atoms with Crippen molar-refractivity contribution in [3.8, 4) is 11.5 Å². The smallest absolute Gasteiger partial charge is 0.491 e. The number of aryl methyl sites for hydroxylation is 1. The van der Waals surface area contributed by atoms with Gasteiger partial charge in [-0.2, -0.15) is 0 Å². The molecule has 2 N–H and O–H groups in total. The molecule has 0 unspecified atom stereocenters. The van der Waals surface area contributed by atoms with Crippen molar-refractivity contribution < 1.29 is 27.0 Å². The first-order valence-corrected chi connectivity index (χ1v) is 7.14. The highest BCUT2D eigenvalue weighted by Gasteiger charge is 2.39. The van der Waals surface area contributed by atoms with Gasteiger partial charge in [0.25, 0.3) is 0 Å². The number of pyridine rings is 1. The molecule has 0 bridgehead atoms. The monoisotopic (exact) mass is 342 g/mol. The Balaban J connectivity index is 2.04. The number of alkyl halides is 3. The standard InChI is InChI=1S/C16H14F4N2O2/c1-9-4-6-22-14-13(9)23-7-5-15(14,21)10-2-3-12(11(17)8-10)24-16(18,19)20/h2-4,6,8H,5,7,21H2,1H3/t15-/m0/s1. The van der Waals surface area contributed by atoms with Crippen LogP contribution in [0.15, 0.2) is 30.5 Å². The molecule has 128 valence electrons. The van der Waals surface area contributed by atoms with Gasteiger partial charge in [-0.3, -0.25) is 4.98 Å². The van der Waals surface area contributed by atoms with Crippen LogP contribution in [0.4, 0.5) is 17.6 Å². The zero-order valence-electron chi connectivity index (χ0n) is 12.7. The lowest BCUT2D eigenvalue weighted by Crippen LogP contribution is -2.43. The Labute approximate surface area is 135 Å². The number of nitrogens with two attached hydrogens (primary N) is 1. The lowest BCUT2D eigenvalue weighted by Gasteiger charge is -2.35. The number of ether oxygens (including phenoxy) is 2. The second kappa shape index (κ2) is 5.62. The maximum Gasteiger partial charge on any atom is 0.573 e. The highest BCUT2D eigenvalue weighted by Crippen LogP contribution is 2.41. The van der Waals surface area contributed by atoms with Crippen LogP contribution in [0.2, 0.25) is 0 Å². The topological polar surface area (TPSA) is 57.4 Å². The molecule has 1 aromatic carbocycles. The Hall–Kier alpha value is -2.35. The fourth-order valence-corrected chi connectivity index (χ4v) is 2.74. The summed E-state index contributed by atoms with van der Waals surface area (Å²) in [6.07, 6.45) is -3.09. The van der Waals surface area contributed by atoms with Gasteiger partial charge in [0, 0.05) is 12.6 Å². The van der Waals surface area contributed by atoms with Gasteiger partial charge in [-0.1, -0.05) is 6.07 Å². The van der Waals surface area contributed by atoms with Crippen LogP contribution < -0.4 is 15.2 Å². The van der Waals surface area contributed by atoms with E-state index in [-0.39, 0.29) is 0 Å². The first-order valence-electron chi connectivity index (χ1n) is 7.14. The Morgan fingerprint density at radius 3 is 2.71 bits per heavy atom. The van der Waals surface area contributed by atoms with Crippen LogP contribution in [0.3, 0.4) is 0 Å². The Kier molecular flexibility index (Phi) is 3.87. The number of aromatic nitrogens is 1. The summed E-state index contributed by atoms with van der Waals surface area (Å²) in [6.45, 7) is 2.12. The van der Waals surface area contributed by atoms with E-state index in [4.69, 9.17) is 10.5 Å². The minimum Gasteiger partial charge on any atom is -0.491 e. The van der Waals surface area contributed by atoms with Gasteiger partial charge in [-0.05, 0) is 36.2 Å². The number of nitrogens with zero attached hydrogens (tertiary/aromatic N) is 1. The van der Waals surface area contributed by atoms with Gasteiger partial charge in [0.1, 0.15) is 11.4 Å². The predicted octanol–water partition coefficient (Wildman–Crippen LogP) is 3.41. The Morgan fingerprint density at radius 1 is 1.29 bits per heavy atom. The van der Waals surface area contributed by atoms with Gasteiger partial charge in [0.05, 0.1) is 12.1 Å². The molecule has 24 heavy (non-hydrogen) atoms. The molecule has 1 aromatic heterocycles. The molecule has 3 rings (SSSR count). The van der Waals surface area contributed by atoms with Crippen LogP contribution in [0.5, 0.6) is 11.5 Å². The largest absolute Gasteiger partial charge is 0.573 e. The molecule has 4 nitrogen and oxygen atoms in total. The van der Waals surface area contributed by atoms with E-state index in [9.17, 15) is 17.6 Å². The quantitative estimate of drug-likeness (QED) is 0.850. The highest BCUT2D eigenvalue weighted by molar-refractivity contribution is 5.48. The van der Waals surface area contributed by atoms with E-state index in [1.165, 1.54) is 6.07 Å². The van der Waals surface area contributed by atoms with Crippen molar-refractivity contribution in [3.05, 3.63) is 53.1 Å². The summed E-state index contributed by atoms with van der Waals surface area (Å²) < 4.78 is 60.0. The van der Waals surface area contributed by atoms with E-state index < -0.39 is 23.5 Å². The van der Waals surface area contributed by atoms with Gasteiger partial charge in [-0.15, -0.1) is 13.2 Å². The normalized spacial score (nSPS) is 20.2. The third kappa shape index (κ3) is 2.89. The van der Waals surface area contributed by atoms with Crippen molar-refractivity contribution in [2.75, 3.05) is 6.61 Å². The second-order valence-electron chi connectivity index (χ2n) is 5.57. The van der Waals surface area contributed by atoms with Gasteiger partial charge in [0.15, 0.2) is 11.6 Å². The maximum atomic E-state index is 14.0. The molecule has 0 spiro atoms. The first kappa shape index (κ1) is 16.5. The number of fused-ring (bicyclic) bond motifs is 1. The van der Waals surface area contributed by atoms with Crippen molar-refractivity contribution in [2.24, 2.45) is 5.73 Å². The summed E-state index contributed by atoms with van der Waals surface area (Å²) in [7, 11) is 0. The minimum absolute atomic E-state index is 0.290. The lowest BCUT2D eigenvalue weighted by atomic mass is 9.82. The third-order valence-corrected chi connectivity index (χ3v) is 3.94. The van der Waals surface area contributed by atoms with Gasteiger partial charge in [0.2, 0.25) is 0 Å². The van der Waals surface area contributed by atoms with Gasteiger partial charge in [-0.25, -0.2) is 4.39 Å². The van der Waals surface area contributed by atoms with E-state index in [0.29, 0.717) is 30.0 Å². The maximum absolute atomic E-state index is 14.0. The van der Waals surface area contributed by atoms with E-state index in [1.807, 2.05) is 6.92 Å². The fourth-order valence-electron chi connectivity index (χ4n) is 2.74. The summed E-state index contributed by atoms with van der Waals surface area (Å²) >= 11 is 0. The van der Waals surface area contributed by atoms with Crippen molar-refractivity contribution in [2.45, 2.75) is 25.2 Å². The average molecular weight is 342 g/mol. The highest BCUT2D eigenvalue weighted by atomic mass is 19.4. The molecule has 0 saturated heterocycles. The van der Waals surface area contributed by atoms with Crippen LogP contribution >= 0.6 is 0 Å². The molecule has 1 aliphatic heterocycles. The molecular formula is C16H14F4N2O2. The molecule has 0 fully saturated rings. The molecule has 1 aliphatic rings. The van der Waals surface area contributed by atoms with Crippen LogP contribution in [0.1, 0.15) is 23.2 Å². The lowest BCUT2D eigenvalue weighted by molar-refractivity contribution is -0.275. The van der Waals surface area contributed by atoms with Crippen LogP contribution in [0, 0.1) is 12.7 Å². The van der Waals surface area contributed by atoms with Gasteiger partial charge >= 0.3 is 6.36 Å². The van der Waals surface area contributed by atoms with Crippen LogP contribution in [0.25, 0.3) is 0 Å². The summed E-state index contributed by atoms with van der Waals surface area (Å²) in [6, 6.07) is 4.92. The number of rotatable bonds is 2. The summed E-state index contributed by atoms with van der Waals surface area (Å²) in [4.78, 5) is 4.24. The van der Waals surface area contributed by atoms with E-state index in [1.54, 1.807) is 12.3 Å². The Morgan fingerprint density at radius 2 is 2.04 bits per heavy atom. The zero-order valence-corrected chi connectivity index (χ0v) is 12.7.